The molecule has 0 aliphatic rings. The molecule has 2 aromatic rings. The molecule has 1 aromatic carbocycles. The maximum atomic E-state index is 12.1. The fourth-order valence-corrected chi connectivity index (χ4v) is 2.10. The van der Waals surface area contributed by atoms with Crippen LogP contribution >= 0.6 is 0 Å². The van der Waals surface area contributed by atoms with Crippen molar-refractivity contribution in [3.8, 4) is 5.75 Å². The SMILES string of the molecule is COc1ccc(C(=O)NCC(CO)Cc2ccccn2)cc1. The molecule has 2 N–H and O–H groups in total. The summed E-state index contributed by atoms with van der Waals surface area (Å²) < 4.78 is 5.06. The molecule has 22 heavy (non-hydrogen) atoms. The second kappa shape index (κ2) is 8.14. The van der Waals surface area contributed by atoms with Crippen molar-refractivity contribution in [2.24, 2.45) is 5.92 Å². The first-order chi connectivity index (χ1) is 10.7. The Morgan fingerprint density at radius 1 is 1.27 bits per heavy atom. The number of nitrogens with one attached hydrogen (secondary N) is 1. The summed E-state index contributed by atoms with van der Waals surface area (Å²) in [4.78, 5) is 16.3. The van der Waals surface area contributed by atoms with Gasteiger partial charge in [-0.25, -0.2) is 0 Å². The van der Waals surface area contributed by atoms with Crippen LogP contribution in [-0.4, -0.2) is 36.3 Å². The molecule has 0 radical (unpaired) electrons. The highest BCUT2D eigenvalue weighted by molar-refractivity contribution is 5.94. The van der Waals surface area contributed by atoms with Crippen molar-refractivity contribution < 1.29 is 14.6 Å². The molecule has 1 heterocycles. The first kappa shape index (κ1) is 16.0. The van der Waals surface area contributed by atoms with Crippen LogP contribution in [0.2, 0.25) is 0 Å². The van der Waals surface area contributed by atoms with Crippen LogP contribution < -0.4 is 10.1 Å². The van der Waals surface area contributed by atoms with Crippen molar-refractivity contribution in [1.82, 2.24) is 10.3 Å². The number of benzene rings is 1. The Morgan fingerprint density at radius 3 is 2.64 bits per heavy atom. The molecule has 1 aromatic heterocycles. The van der Waals surface area contributed by atoms with Crippen LogP contribution in [0, 0.1) is 5.92 Å². The van der Waals surface area contributed by atoms with Gasteiger partial charge in [-0.2, -0.15) is 0 Å². The number of nitrogens with zero attached hydrogens (tertiary/aromatic N) is 1. The Labute approximate surface area is 130 Å². The van der Waals surface area contributed by atoms with E-state index in [4.69, 9.17) is 4.74 Å². The fraction of sp³-hybridized carbons (Fsp3) is 0.294. The summed E-state index contributed by atoms with van der Waals surface area (Å²) in [6.07, 6.45) is 2.35. The van der Waals surface area contributed by atoms with Gasteiger partial charge in [-0.1, -0.05) is 6.07 Å². The molecule has 0 bridgehead atoms. The monoisotopic (exact) mass is 300 g/mol. The Balaban J connectivity index is 1.87. The molecule has 0 saturated heterocycles. The minimum Gasteiger partial charge on any atom is -0.497 e. The number of aromatic nitrogens is 1. The van der Waals surface area contributed by atoms with E-state index in [2.05, 4.69) is 10.3 Å². The number of aliphatic hydroxyl groups excluding tert-OH is 1. The van der Waals surface area contributed by atoms with Gasteiger partial charge in [0.1, 0.15) is 5.75 Å². The lowest BCUT2D eigenvalue weighted by molar-refractivity contribution is 0.0940. The second-order valence-electron chi connectivity index (χ2n) is 5.01. The van der Waals surface area contributed by atoms with Gasteiger partial charge in [0.05, 0.1) is 7.11 Å². The molecule has 0 aliphatic carbocycles. The van der Waals surface area contributed by atoms with Gasteiger partial charge in [-0.15, -0.1) is 0 Å². The van der Waals surface area contributed by atoms with E-state index in [1.54, 1.807) is 37.6 Å². The van der Waals surface area contributed by atoms with Gasteiger partial charge in [0.15, 0.2) is 0 Å². The third-order valence-corrected chi connectivity index (χ3v) is 3.39. The quantitative estimate of drug-likeness (QED) is 0.816. The van der Waals surface area contributed by atoms with E-state index < -0.39 is 0 Å². The third-order valence-electron chi connectivity index (χ3n) is 3.39. The molecule has 0 saturated carbocycles. The van der Waals surface area contributed by atoms with Crippen LogP contribution in [0.3, 0.4) is 0 Å². The van der Waals surface area contributed by atoms with Crippen molar-refractivity contribution in [3.05, 3.63) is 59.9 Å². The molecule has 1 unspecified atom stereocenters. The minimum absolute atomic E-state index is 0.000529. The Hall–Kier alpha value is -2.40. The van der Waals surface area contributed by atoms with Gasteiger partial charge >= 0.3 is 0 Å². The van der Waals surface area contributed by atoms with Crippen molar-refractivity contribution in [2.45, 2.75) is 6.42 Å². The number of ether oxygens (including phenoxy) is 1. The Bertz CT molecular complexity index is 585. The number of carbonyl (C=O) groups is 1. The summed E-state index contributed by atoms with van der Waals surface area (Å²) in [6.45, 7) is 0.400. The molecular weight excluding hydrogens is 280 g/mol. The van der Waals surface area contributed by atoms with Crippen LogP contribution in [0.1, 0.15) is 16.1 Å². The lowest BCUT2D eigenvalue weighted by atomic mass is 10.0. The molecule has 1 atom stereocenters. The maximum Gasteiger partial charge on any atom is 0.251 e. The van der Waals surface area contributed by atoms with E-state index in [1.165, 1.54) is 0 Å². The van der Waals surface area contributed by atoms with Crippen LogP contribution in [0.5, 0.6) is 5.75 Å². The van der Waals surface area contributed by atoms with Gasteiger partial charge in [-0.05, 0) is 42.8 Å². The standard InChI is InChI=1S/C17H20N2O3/c1-22-16-7-5-14(6-8-16)17(21)19-11-13(12-20)10-15-4-2-3-9-18-15/h2-9,13,20H,10-12H2,1H3,(H,19,21). The molecule has 0 aliphatic heterocycles. The first-order valence-corrected chi connectivity index (χ1v) is 7.16. The smallest absolute Gasteiger partial charge is 0.251 e. The molecule has 5 nitrogen and oxygen atoms in total. The zero-order chi connectivity index (χ0) is 15.8. The van der Waals surface area contributed by atoms with Crippen molar-refractivity contribution >= 4 is 5.91 Å². The molecule has 0 fully saturated rings. The number of pyridine rings is 1. The number of rotatable bonds is 7. The Kier molecular flexibility index (Phi) is 5.91. The highest BCUT2D eigenvalue weighted by Gasteiger charge is 2.12. The third kappa shape index (κ3) is 4.56. The number of amides is 1. The van der Waals surface area contributed by atoms with Crippen molar-refractivity contribution in [1.29, 1.82) is 0 Å². The molecular formula is C17H20N2O3. The largest absolute Gasteiger partial charge is 0.497 e. The number of aliphatic hydroxyl groups is 1. The molecule has 116 valence electrons. The van der Waals surface area contributed by atoms with E-state index >= 15 is 0 Å². The van der Waals surface area contributed by atoms with Crippen molar-refractivity contribution in [2.75, 3.05) is 20.3 Å². The van der Waals surface area contributed by atoms with Gasteiger partial charge in [0.2, 0.25) is 0 Å². The summed E-state index contributed by atoms with van der Waals surface area (Å²) >= 11 is 0. The lowest BCUT2D eigenvalue weighted by Gasteiger charge is -2.14. The van der Waals surface area contributed by atoms with Crippen molar-refractivity contribution in [3.63, 3.8) is 0 Å². The van der Waals surface area contributed by atoms with Crippen LogP contribution in [0.25, 0.3) is 0 Å². The minimum atomic E-state index is -0.165. The van der Waals surface area contributed by atoms with E-state index in [0.29, 0.717) is 24.3 Å². The van der Waals surface area contributed by atoms with E-state index in [9.17, 15) is 9.90 Å². The van der Waals surface area contributed by atoms with E-state index in [0.717, 1.165) is 5.69 Å². The van der Waals surface area contributed by atoms with E-state index in [-0.39, 0.29) is 18.4 Å². The summed E-state index contributed by atoms with van der Waals surface area (Å²) in [6, 6.07) is 12.6. The van der Waals surface area contributed by atoms with Gasteiger partial charge < -0.3 is 15.2 Å². The predicted molar refractivity (Wildman–Crippen MR) is 83.8 cm³/mol. The average molecular weight is 300 g/mol. The zero-order valence-electron chi connectivity index (χ0n) is 12.5. The van der Waals surface area contributed by atoms with Crippen LogP contribution in [-0.2, 0) is 6.42 Å². The molecule has 5 heteroatoms. The maximum absolute atomic E-state index is 12.1. The average Bonchev–Trinajstić information content (AvgIpc) is 2.59. The van der Waals surface area contributed by atoms with Gasteiger partial charge in [-0.3, -0.25) is 9.78 Å². The highest BCUT2D eigenvalue weighted by atomic mass is 16.5. The Morgan fingerprint density at radius 2 is 2.05 bits per heavy atom. The first-order valence-electron chi connectivity index (χ1n) is 7.16. The molecule has 0 spiro atoms. The van der Waals surface area contributed by atoms with Gasteiger partial charge in [0, 0.05) is 36.5 Å². The number of hydrogen-bond donors (Lipinski definition) is 2. The second-order valence-corrected chi connectivity index (χ2v) is 5.01. The summed E-state index contributed by atoms with van der Waals surface area (Å²) in [5.41, 5.74) is 1.47. The number of carbonyl (C=O) groups excluding carboxylic acids is 1. The topological polar surface area (TPSA) is 71.5 Å². The summed E-state index contributed by atoms with van der Waals surface area (Å²) in [5.74, 6) is 0.485. The zero-order valence-corrected chi connectivity index (χ0v) is 12.5. The lowest BCUT2D eigenvalue weighted by Crippen LogP contribution is -2.32. The highest BCUT2D eigenvalue weighted by Crippen LogP contribution is 2.11. The summed E-state index contributed by atoms with van der Waals surface area (Å²) in [7, 11) is 1.58. The number of methoxy groups -OCH3 is 1. The van der Waals surface area contributed by atoms with Crippen LogP contribution in [0.15, 0.2) is 48.7 Å². The molecule has 1 amide bonds. The fourth-order valence-electron chi connectivity index (χ4n) is 2.10. The van der Waals surface area contributed by atoms with Gasteiger partial charge in [0.25, 0.3) is 5.91 Å². The molecule has 2 rings (SSSR count). The number of hydrogen-bond acceptors (Lipinski definition) is 4. The normalized spacial score (nSPS) is 11.7. The summed E-state index contributed by atoms with van der Waals surface area (Å²) in [5, 5.41) is 12.3. The van der Waals surface area contributed by atoms with E-state index in [1.807, 2.05) is 18.2 Å². The van der Waals surface area contributed by atoms with Crippen LogP contribution in [0.4, 0.5) is 0 Å². The predicted octanol–water partition coefficient (Wildman–Crippen LogP) is 1.67.